The third-order valence-corrected chi connectivity index (χ3v) is 5.44. The van der Waals surface area contributed by atoms with Gasteiger partial charge in [-0.15, -0.1) is 11.3 Å². The second-order valence-corrected chi connectivity index (χ2v) is 7.65. The van der Waals surface area contributed by atoms with E-state index in [0.29, 0.717) is 19.4 Å². The highest BCUT2D eigenvalue weighted by atomic mass is 32.1. The molecule has 0 saturated carbocycles. The van der Waals surface area contributed by atoms with Crippen LogP contribution in [0.25, 0.3) is 21.8 Å². The highest BCUT2D eigenvalue weighted by Gasteiger charge is 2.07. The average Bonchev–Trinajstić information content (AvgIpc) is 3.29. The zero-order chi connectivity index (χ0) is 20.6. The first-order chi connectivity index (χ1) is 14.8. The molecule has 4 aromatic rings. The standard InChI is InChI=1S/C25H22N2O2S/c28-24(12-7-17-29-22-10-5-2-6-11-22)26-21-15-13-19(14-16-21)23-18-30-25(27-23)20-8-3-1-4-9-20/h1-6,8-11,13-16,18H,7,12,17H2,(H,26,28). The highest BCUT2D eigenvalue weighted by Crippen LogP contribution is 2.29. The Labute approximate surface area is 180 Å². The minimum atomic E-state index is -0.0144. The van der Waals surface area contributed by atoms with E-state index in [9.17, 15) is 4.79 Å². The second kappa shape index (κ2) is 9.85. The minimum Gasteiger partial charge on any atom is -0.494 e. The van der Waals surface area contributed by atoms with E-state index in [1.165, 1.54) is 0 Å². The molecule has 0 unspecified atom stereocenters. The van der Waals surface area contributed by atoms with E-state index >= 15 is 0 Å². The molecular weight excluding hydrogens is 392 g/mol. The summed E-state index contributed by atoms with van der Waals surface area (Å²) in [5.74, 6) is 0.811. The van der Waals surface area contributed by atoms with Crippen molar-refractivity contribution < 1.29 is 9.53 Å². The van der Waals surface area contributed by atoms with E-state index in [-0.39, 0.29) is 5.91 Å². The third kappa shape index (κ3) is 5.33. The van der Waals surface area contributed by atoms with Crippen LogP contribution in [0, 0.1) is 0 Å². The zero-order valence-corrected chi connectivity index (χ0v) is 17.3. The molecule has 1 aromatic heterocycles. The maximum atomic E-state index is 12.2. The Morgan fingerprint density at radius 3 is 2.30 bits per heavy atom. The van der Waals surface area contributed by atoms with Crippen LogP contribution in [0.3, 0.4) is 0 Å². The number of hydrogen-bond acceptors (Lipinski definition) is 4. The molecule has 0 saturated heterocycles. The van der Waals surface area contributed by atoms with Gasteiger partial charge in [-0.25, -0.2) is 4.98 Å². The number of thiazole rings is 1. The third-order valence-electron chi connectivity index (χ3n) is 4.55. The van der Waals surface area contributed by atoms with E-state index in [2.05, 4.69) is 22.8 Å². The molecule has 4 nitrogen and oxygen atoms in total. The fraction of sp³-hybridized carbons (Fsp3) is 0.120. The predicted octanol–water partition coefficient (Wildman–Crippen LogP) is 6.27. The van der Waals surface area contributed by atoms with Crippen molar-refractivity contribution in [3.05, 3.63) is 90.3 Å². The maximum absolute atomic E-state index is 12.2. The van der Waals surface area contributed by atoms with Crippen LogP contribution in [0.4, 0.5) is 5.69 Å². The first-order valence-electron chi connectivity index (χ1n) is 9.87. The number of para-hydroxylation sites is 1. The minimum absolute atomic E-state index is 0.0144. The van der Waals surface area contributed by atoms with Crippen LogP contribution in [0.15, 0.2) is 90.3 Å². The molecule has 0 atom stereocenters. The summed E-state index contributed by atoms with van der Waals surface area (Å²) in [5, 5.41) is 6.00. The summed E-state index contributed by atoms with van der Waals surface area (Å²) >= 11 is 1.63. The molecule has 3 aromatic carbocycles. The number of anilines is 1. The Balaban J connectivity index is 1.27. The molecule has 0 fully saturated rings. The van der Waals surface area contributed by atoms with Gasteiger partial charge in [0.2, 0.25) is 5.91 Å². The lowest BCUT2D eigenvalue weighted by atomic mass is 10.1. The van der Waals surface area contributed by atoms with Crippen molar-refractivity contribution in [2.45, 2.75) is 12.8 Å². The lowest BCUT2D eigenvalue weighted by molar-refractivity contribution is -0.116. The highest BCUT2D eigenvalue weighted by molar-refractivity contribution is 7.13. The first kappa shape index (κ1) is 19.9. The van der Waals surface area contributed by atoms with E-state index in [0.717, 1.165) is 33.3 Å². The van der Waals surface area contributed by atoms with Crippen molar-refractivity contribution >= 4 is 22.9 Å². The Kier molecular flexibility index (Phi) is 6.52. The normalized spacial score (nSPS) is 10.5. The van der Waals surface area contributed by atoms with Crippen molar-refractivity contribution in [1.82, 2.24) is 4.98 Å². The lowest BCUT2D eigenvalue weighted by Gasteiger charge is -2.07. The van der Waals surface area contributed by atoms with Crippen molar-refractivity contribution in [1.29, 1.82) is 0 Å². The first-order valence-corrected chi connectivity index (χ1v) is 10.7. The van der Waals surface area contributed by atoms with Gasteiger partial charge >= 0.3 is 0 Å². The van der Waals surface area contributed by atoms with E-state index in [1.807, 2.05) is 72.8 Å². The number of nitrogens with one attached hydrogen (secondary N) is 1. The molecule has 0 spiro atoms. The van der Waals surface area contributed by atoms with Crippen LogP contribution in [-0.4, -0.2) is 17.5 Å². The Bertz CT molecular complexity index is 1080. The summed E-state index contributed by atoms with van der Waals surface area (Å²) in [6, 6.07) is 27.6. The number of carbonyl (C=O) groups is 1. The number of ether oxygens (including phenoxy) is 1. The van der Waals surface area contributed by atoms with Gasteiger partial charge in [-0.2, -0.15) is 0 Å². The van der Waals surface area contributed by atoms with Crippen LogP contribution in [0.1, 0.15) is 12.8 Å². The van der Waals surface area contributed by atoms with E-state index < -0.39 is 0 Å². The summed E-state index contributed by atoms with van der Waals surface area (Å²) in [6.45, 7) is 0.518. The Morgan fingerprint density at radius 2 is 1.57 bits per heavy atom. The largest absolute Gasteiger partial charge is 0.494 e. The van der Waals surface area contributed by atoms with Gasteiger partial charge in [-0.3, -0.25) is 4.79 Å². The fourth-order valence-corrected chi connectivity index (χ4v) is 3.84. The molecule has 1 amide bonds. The van der Waals surface area contributed by atoms with Crippen LogP contribution >= 0.6 is 11.3 Å². The number of aromatic nitrogens is 1. The van der Waals surface area contributed by atoms with Gasteiger partial charge < -0.3 is 10.1 Å². The number of amides is 1. The van der Waals surface area contributed by atoms with Gasteiger partial charge in [0.25, 0.3) is 0 Å². The van der Waals surface area contributed by atoms with Gasteiger partial charge in [0.15, 0.2) is 0 Å². The lowest BCUT2D eigenvalue weighted by Crippen LogP contribution is -2.12. The number of nitrogens with zero attached hydrogens (tertiary/aromatic N) is 1. The fourth-order valence-electron chi connectivity index (χ4n) is 3.01. The Morgan fingerprint density at radius 1 is 0.867 bits per heavy atom. The van der Waals surface area contributed by atoms with Gasteiger partial charge in [0, 0.05) is 28.6 Å². The average molecular weight is 415 g/mol. The SMILES string of the molecule is O=C(CCCOc1ccccc1)Nc1ccc(-c2csc(-c3ccccc3)n2)cc1. The summed E-state index contributed by atoms with van der Waals surface area (Å²) in [6.07, 6.45) is 1.08. The number of benzene rings is 3. The molecule has 150 valence electrons. The van der Waals surface area contributed by atoms with Gasteiger partial charge in [0.1, 0.15) is 10.8 Å². The van der Waals surface area contributed by atoms with Crippen molar-refractivity contribution in [2.24, 2.45) is 0 Å². The molecule has 1 N–H and O–H groups in total. The number of hydrogen-bond donors (Lipinski definition) is 1. The van der Waals surface area contributed by atoms with Crippen LogP contribution < -0.4 is 10.1 Å². The quantitative estimate of drug-likeness (QED) is 0.346. The van der Waals surface area contributed by atoms with Crippen LogP contribution in [0.5, 0.6) is 5.75 Å². The summed E-state index contributed by atoms with van der Waals surface area (Å²) < 4.78 is 5.62. The van der Waals surface area contributed by atoms with Crippen molar-refractivity contribution in [3.8, 4) is 27.6 Å². The molecule has 0 bridgehead atoms. The molecule has 0 aliphatic heterocycles. The van der Waals surface area contributed by atoms with Gasteiger partial charge in [-0.05, 0) is 30.7 Å². The summed E-state index contributed by atoms with van der Waals surface area (Å²) in [4.78, 5) is 16.9. The topological polar surface area (TPSA) is 51.2 Å². The molecule has 0 aliphatic carbocycles. The molecular formula is C25H22N2O2S. The van der Waals surface area contributed by atoms with E-state index in [1.54, 1.807) is 11.3 Å². The zero-order valence-electron chi connectivity index (χ0n) is 16.5. The van der Waals surface area contributed by atoms with Crippen LogP contribution in [0.2, 0.25) is 0 Å². The van der Waals surface area contributed by atoms with Crippen molar-refractivity contribution in [3.63, 3.8) is 0 Å². The molecule has 1 heterocycles. The number of carbonyl (C=O) groups excluding carboxylic acids is 1. The second-order valence-electron chi connectivity index (χ2n) is 6.79. The summed E-state index contributed by atoms with van der Waals surface area (Å²) in [5.41, 5.74) is 3.87. The monoisotopic (exact) mass is 414 g/mol. The Hall–Kier alpha value is -3.44. The summed E-state index contributed by atoms with van der Waals surface area (Å²) in [7, 11) is 0. The van der Waals surface area contributed by atoms with Crippen molar-refractivity contribution in [2.75, 3.05) is 11.9 Å². The molecule has 4 rings (SSSR count). The van der Waals surface area contributed by atoms with Gasteiger partial charge in [0.05, 0.1) is 12.3 Å². The van der Waals surface area contributed by atoms with E-state index in [4.69, 9.17) is 9.72 Å². The maximum Gasteiger partial charge on any atom is 0.224 e. The molecule has 0 aliphatic rings. The van der Waals surface area contributed by atoms with Gasteiger partial charge in [-0.1, -0.05) is 60.7 Å². The molecule has 30 heavy (non-hydrogen) atoms. The predicted molar refractivity (Wildman–Crippen MR) is 123 cm³/mol. The molecule has 0 radical (unpaired) electrons. The molecule has 5 heteroatoms. The van der Waals surface area contributed by atoms with Crippen LogP contribution in [-0.2, 0) is 4.79 Å². The smallest absolute Gasteiger partial charge is 0.224 e. The number of rotatable bonds is 8.